The molecule has 11 heteroatoms. The van der Waals surface area contributed by atoms with Gasteiger partial charge < -0.3 is 9.47 Å². The second kappa shape index (κ2) is 9.58. The maximum Gasteiger partial charge on any atom is 0.337 e. The summed E-state index contributed by atoms with van der Waals surface area (Å²) in [5, 5.41) is 0.460. The molecule has 1 heterocycles. The molecule has 1 saturated heterocycles. The highest BCUT2D eigenvalue weighted by molar-refractivity contribution is 6.30. The lowest BCUT2D eigenvalue weighted by molar-refractivity contribution is -0.121. The number of benzene rings is 2. The van der Waals surface area contributed by atoms with E-state index in [9.17, 15) is 24.0 Å². The lowest BCUT2D eigenvalue weighted by Crippen LogP contribution is -2.48. The van der Waals surface area contributed by atoms with Crippen LogP contribution < -0.4 is 15.8 Å². The van der Waals surface area contributed by atoms with Gasteiger partial charge in [0, 0.05) is 10.6 Å². The number of carbonyl (C=O) groups excluding carboxylic acids is 5. The smallest absolute Gasteiger partial charge is 0.337 e. The summed E-state index contributed by atoms with van der Waals surface area (Å²) >= 11 is 5.79. The lowest BCUT2D eigenvalue weighted by atomic mass is 10.1. The van der Waals surface area contributed by atoms with E-state index >= 15 is 0 Å². The van der Waals surface area contributed by atoms with Gasteiger partial charge in [0.2, 0.25) is 5.91 Å². The first-order valence-electron chi connectivity index (χ1n) is 9.25. The normalized spacial score (nSPS) is 15.5. The van der Waals surface area contributed by atoms with Gasteiger partial charge in [-0.05, 0) is 42.5 Å². The fraction of sp³-hybridized carbons (Fsp3) is 0.190. The minimum Gasteiger partial charge on any atom is -0.465 e. The zero-order chi connectivity index (χ0) is 23.4. The Bertz CT molecular complexity index is 1070. The molecular weight excluding hydrogens is 442 g/mol. The molecule has 2 aromatic rings. The van der Waals surface area contributed by atoms with Gasteiger partial charge in [0.15, 0.2) is 0 Å². The quantitative estimate of drug-likeness (QED) is 0.377. The maximum absolute atomic E-state index is 12.9. The van der Waals surface area contributed by atoms with Crippen LogP contribution in [0.1, 0.15) is 37.5 Å². The number of nitrogens with one attached hydrogen (secondary N) is 2. The Morgan fingerprint density at radius 2 is 1.50 bits per heavy atom. The molecule has 0 saturated carbocycles. The summed E-state index contributed by atoms with van der Waals surface area (Å²) in [6.45, 7) is 0. The van der Waals surface area contributed by atoms with Crippen LogP contribution in [-0.2, 0) is 19.1 Å². The van der Waals surface area contributed by atoms with Crippen molar-refractivity contribution >= 4 is 46.9 Å². The monoisotopic (exact) mass is 459 g/mol. The van der Waals surface area contributed by atoms with Crippen LogP contribution in [-0.4, -0.2) is 49.9 Å². The molecule has 3 amide bonds. The Balaban J connectivity index is 1.80. The van der Waals surface area contributed by atoms with Crippen LogP contribution in [0.2, 0.25) is 5.02 Å². The molecule has 10 nitrogen and oxygen atoms in total. The van der Waals surface area contributed by atoms with Crippen LogP contribution >= 0.6 is 11.6 Å². The van der Waals surface area contributed by atoms with Gasteiger partial charge >= 0.3 is 11.9 Å². The first-order chi connectivity index (χ1) is 15.2. The molecule has 0 aliphatic carbocycles. The Labute approximate surface area is 187 Å². The fourth-order valence-electron chi connectivity index (χ4n) is 3.05. The number of imide groups is 1. The van der Waals surface area contributed by atoms with E-state index in [2.05, 4.69) is 20.3 Å². The standard InChI is InChI=1S/C21H18ClN3O7/c1-31-20(29)12-7-13(21(30)32-2)9-15(8-12)25-17(26)10-16(19(25)28)23-24-18(27)11-3-5-14(22)6-4-11/h3-9,16,23H,10H2,1-2H3,(H,24,27)/t16-/m1/s1. The number of methoxy groups -OCH3 is 2. The summed E-state index contributed by atoms with van der Waals surface area (Å²) in [7, 11) is 2.31. The van der Waals surface area contributed by atoms with Crippen LogP contribution in [0.15, 0.2) is 42.5 Å². The van der Waals surface area contributed by atoms with Crippen molar-refractivity contribution in [2.24, 2.45) is 0 Å². The molecular formula is C21H18ClN3O7. The predicted octanol–water partition coefficient (Wildman–Crippen LogP) is 1.48. The summed E-state index contributed by atoms with van der Waals surface area (Å²) in [4.78, 5) is 62.4. The topological polar surface area (TPSA) is 131 Å². The van der Waals surface area contributed by atoms with E-state index in [4.69, 9.17) is 11.6 Å². The number of hydrogen-bond acceptors (Lipinski definition) is 8. The van der Waals surface area contributed by atoms with Gasteiger partial charge in [-0.1, -0.05) is 11.6 Å². The molecule has 1 fully saturated rings. The summed E-state index contributed by atoms with van der Waals surface area (Å²) < 4.78 is 9.33. The van der Waals surface area contributed by atoms with Crippen molar-refractivity contribution in [3.8, 4) is 0 Å². The van der Waals surface area contributed by atoms with Crippen LogP contribution in [0.5, 0.6) is 0 Å². The Morgan fingerprint density at radius 3 is 2.03 bits per heavy atom. The van der Waals surface area contributed by atoms with E-state index in [0.29, 0.717) is 10.6 Å². The summed E-state index contributed by atoms with van der Waals surface area (Å²) in [5.74, 6) is -3.32. The van der Waals surface area contributed by atoms with Gasteiger partial charge in [-0.15, -0.1) is 0 Å². The number of amides is 3. The van der Waals surface area contributed by atoms with E-state index in [1.807, 2.05) is 0 Å². The molecule has 0 aromatic heterocycles. The number of anilines is 1. The van der Waals surface area contributed by atoms with Crippen molar-refractivity contribution in [2.45, 2.75) is 12.5 Å². The zero-order valence-corrected chi connectivity index (χ0v) is 17.8. The molecule has 166 valence electrons. The van der Waals surface area contributed by atoms with E-state index in [0.717, 1.165) is 19.1 Å². The SMILES string of the molecule is COC(=O)c1cc(C(=O)OC)cc(N2C(=O)C[C@@H](NNC(=O)c3ccc(Cl)cc3)C2=O)c1. The first kappa shape index (κ1) is 22.9. The van der Waals surface area contributed by atoms with Gasteiger partial charge in [0.25, 0.3) is 11.8 Å². The molecule has 0 bridgehead atoms. The third kappa shape index (κ3) is 4.76. The Kier molecular flexibility index (Phi) is 6.86. The predicted molar refractivity (Wildman–Crippen MR) is 112 cm³/mol. The largest absolute Gasteiger partial charge is 0.465 e. The van der Waals surface area contributed by atoms with Crippen molar-refractivity contribution in [3.05, 3.63) is 64.2 Å². The maximum atomic E-state index is 12.9. The average Bonchev–Trinajstić information content (AvgIpc) is 3.09. The number of ether oxygens (including phenoxy) is 2. The van der Waals surface area contributed by atoms with Crippen LogP contribution in [0.3, 0.4) is 0 Å². The van der Waals surface area contributed by atoms with Gasteiger partial charge in [0.05, 0.1) is 37.5 Å². The summed E-state index contributed by atoms with van der Waals surface area (Å²) in [6, 6.07) is 8.76. The summed E-state index contributed by atoms with van der Waals surface area (Å²) in [5.41, 5.74) is 5.13. The van der Waals surface area contributed by atoms with Gasteiger partial charge in [-0.25, -0.2) is 19.9 Å². The number of esters is 2. The van der Waals surface area contributed by atoms with Crippen LogP contribution in [0.4, 0.5) is 5.69 Å². The van der Waals surface area contributed by atoms with E-state index in [-0.39, 0.29) is 23.2 Å². The number of nitrogens with zero attached hydrogens (tertiary/aromatic N) is 1. The molecule has 1 atom stereocenters. The van der Waals surface area contributed by atoms with Crippen molar-refractivity contribution < 1.29 is 33.4 Å². The van der Waals surface area contributed by atoms with Gasteiger partial charge in [0.1, 0.15) is 6.04 Å². The molecule has 1 aliphatic rings. The summed E-state index contributed by atoms with van der Waals surface area (Å²) in [6.07, 6.45) is -0.254. The third-order valence-electron chi connectivity index (χ3n) is 4.63. The molecule has 0 unspecified atom stereocenters. The third-order valence-corrected chi connectivity index (χ3v) is 4.88. The van der Waals surface area contributed by atoms with E-state index in [1.54, 1.807) is 0 Å². The minimum absolute atomic E-state index is 0.00312. The lowest BCUT2D eigenvalue weighted by Gasteiger charge is -2.17. The zero-order valence-electron chi connectivity index (χ0n) is 17.0. The van der Waals surface area contributed by atoms with Crippen molar-refractivity contribution in [3.63, 3.8) is 0 Å². The highest BCUT2D eigenvalue weighted by Crippen LogP contribution is 2.26. The molecule has 2 N–H and O–H groups in total. The highest BCUT2D eigenvalue weighted by Gasteiger charge is 2.40. The minimum atomic E-state index is -1.05. The number of carbonyl (C=O) groups is 5. The number of halogens is 1. The average molecular weight is 460 g/mol. The first-order valence-corrected chi connectivity index (χ1v) is 9.63. The second-order valence-electron chi connectivity index (χ2n) is 6.68. The molecule has 0 radical (unpaired) electrons. The Morgan fingerprint density at radius 1 is 0.938 bits per heavy atom. The van der Waals surface area contributed by atoms with Crippen molar-refractivity contribution in [1.82, 2.24) is 10.9 Å². The molecule has 0 spiro atoms. The molecule has 1 aliphatic heterocycles. The van der Waals surface area contributed by atoms with E-state index < -0.39 is 35.7 Å². The molecule has 3 rings (SSSR count). The molecule has 32 heavy (non-hydrogen) atoms. The molecule has 2 aromatic carbocycles. The van der Waals surface area contributed by atoms with Gasteiger partial charge in [-0.3, -0.25) is 19.8 Å². The number of rotatable bonds is 6. The Hall–Kier alpha value is -3.76. The second-order valence-corrected chi connectivity index (χ2v) is 7.12. The highest BCUT2D eigenvalue weighted by atomic mass is 35.5. The fourth-order valence-corrected chi connectivity index (χ4v) is 3.18. The number of hydrazine groups is 1. The van der Waals surface area contributed by atoms with Crippen molar-refractivity contribution in [1.29, 1.82) is 0 Å². The number of hydrogen-bond donors (Lipinski definition) is 2. The van der Waals surface area contributed by atoms with Crippen molar-refractivity contribution in [2.75, 3.05) is 19.1 Å². The van der Waals surface area contributed by atoms with Crippen LogP contribution in [0.25, 0.3) is 0 Å². The van der Waals surface area contributed by atoms with Gasteiger partial charge in [-0.2, -0.15) is 0 Å². The van der Waals surface area contributed by atoms with Crippen LogP contribution in [0, 0.1) is 0 Å². The van der Waals surface area contributed by atoms with E-state index in [1.165, 1.54) is 42.5 Å².